The first-order chi connectivity index (χ1) is 14.2. The van der Waals surface area contributed by atoms with Gasteiger partial charge in [-0.1, -0.05) is 67.7 Å². The van der Waals surface area contributed by atoms with Gasteiger partial charge in [0.15, 0.2) is 0 Å². The molecule has 1 aromatic rings. The Morgan fingerprint density at radius 1 is 1.17 bits per heavy atom. The second kappa shape index (κ2) is 12.1. The summed E-state index contributed by atoms with van der Waals surface area (Å²) in [6.45, 7) is 8.49. The van der Waals surface area contributed by atoms with Gasteiger partial charge in [0.1, 0.15) is 0 Å². The molecule has 4 heteroatoms. The zero-order valence-electron chi connectivity index (χ0n) is 18.2. The number of hydrogen-bond acceptors (Lipinski definition) is 3. The number of hydrogen-bond donors (Lipinski definition) is 0. The van der Waals surface area contributed by atoms with Crippen molar-refractivity contribution in [3.05, 3.63) is 41.5 Å². The molecule has 0 bridgehead atoms. The molecule has 3 rings (SSSR count). The van der Waals surface area contributed by atoms with E-state index < -0.39 is 0 Å². The quantitative estimate of drug-likeness (QED) is 0.577. The summed E-state index contributed by atoms with van der Waals surface area (Å²) in [6.07, 6.45) is 10.4. The fourth-order valence-electron chi connectivity index (χ4n) is 4.57. The maximum Gasteiger partial charge on any atom is 0.222 e. The Balaban J connectivity index is 1.53. The maximum absolute atomic E-state index is 13.0. The van der Waals surface area contributed by atoms with Gasteiger partial charge in [-0.3, -0.25) is 9.69 Å². The molecule has 0 atom stereocenters. The molecule has 1 amide bonds. The Morgan fingerprint density at radius 3 is 2.62 bits per heavy atom. The van der Waals surface area contributed by atoms with E-state index in [9.17, 15) is 4.79 Å². The lowest BCUT2D eigenvalue weighted by molar-refractivity contribution is -0.131. The number of ether oxygens (including phenoxy) is 1. The van der Waals surface area contributed by atoms with Gasteiger partial charge < -0.3 is 9.64 Å². The minimum atomic E-state index is 0.333. The monoisotopic (exact) mass is 398 g/mol. The number of benzene rings is 1. The summed E-state index contributed by atoms with van der Waals surface area (Å²) in [5.74, 6) is 1.11. The van der Waals surface area contributed by atoms with E-state index in [0.717, 1.165) is 64.7 Å². The van der Waals surface area contributed by atoms with Gasteiger partial charge in [0.25, 0.3) is 0 Å². The fraction of sp³-hybridized carbons (Fsp3) is 0.640. The van der Waals surface area contributed by atoms with Crippen LogP contribution in [0.25, 0.3) is 6.08 Å². The molecule has 0 N–H and O–H groups in total. The molecule has 160 valence electrons. The lowest BCUT2D eigenvalue weighted by Crippen LogP contribution is -2.39. The molecular weight excluding hydrogens is 360 g/mol. The van der Waals surface area contributed by atoms with Crippen molar-refractivity contribution in [1.29, 1.82) is 0 Å². The molecule has 0 aromatic heterocycles. The maximum atomic E-state index is 13.0. The lowest BCUT2D eigenvalue weighted by atomic mass is 10.0. The predicted octanol–water partition coefficient (Wildman–Crippen LogP) is 4.61. The van der Waals surface area contributed by atoms with Crippen LogP contribution >= 0.6 is 0 Å². The van der Waals surface area contributed by atoms with Crippen LogP contribution in [0.15, 0.2) is 35.9 Å². The number of rotatable bonds is 10. The van der Waals surface area contributed by atoms with E-state index in [0.29, 0.717) is 12.3 Å². The molecule has 29 heavy (non-hydrogen) atoms. The van der Waals surface area contributed by atoms with Crippen molar-refractivity contribution in [2.24, 2.45) is 5.92 Å². The van der Waals surface area contributed by atoms with E-state index in [1.54, 1.807) is 0 Å². The number of carbonyl (C=O) groups is 1. The third kappa shape index (κ3) is 7.94. The average molecular weight is 399 g/mol. The molecule has 1 aliphatic heterocycles. The van der Waals surface area contributed by atoms with E-state index >= 15 is 0 Å². The van der Waals surface area contributed by atoms with E-state index in [1.807, 2.05) is 6.07 Å². The minimum Gasteiger partial charge on any atom is -0.379 e. The third-order valence-corrected chi connectivity index (χ3v) is 6.25. The second-order valence-electron chi connectivity index (χ2n) is 8.71. The summed E-state index contributed by atoms with van der Waals surface area (Å²) in [6, 6.07) is 10.4. The minimum absolute atomic E-state index is 0.333. The molecule has 2 aliphatic rings. The first-order valence-electron chi connectivity index (χ1n) is 11.5. The highest BCUT2D eigenvalue weighted by molar-refractivity contribution is 5.76. The number of morpholine rings is 1. The van der Waals surface area contributed by atoms with Crippen LogP contribution in [-0.2, 0) is 9.53 Å². The Kier molecular flexibility index (Phi) is 9.23. The molecule has 1 aromatic carbocycles. The standard InChI is InChI=1S/C25H38N2O2/c1-22(20-24-10-3-2-4-11-24)21-27(15-7-14-26-16-18-29-19-17-26)25(28)13-12-23-8-5-6-9-23/h2-4,10-11,20,23H,5-9,12-19,21H2,1H3/b22-20+. The molecule has 1 saturated heterocycles. The Bertz CT molecular complexity index is 631. The van der Waals surface area contributed by atoms with Crippen molar-refractivity contribution in [3.63, 3.8) is 0 Å². The number of nitrogens with zero attached hydrogens (tertiary/aromatic N) is 2. The van der Waals surface area contributed by atoms with Crippen molar-refractivity contribution in [2.45, 2.75) is 51.9 Å². The van der Waals surface area contributed by atoms with Crippen LogP contribution < -0.4 is 0 Å². The summed E-state index contributed by atoms with van der Waals surface area (Å²) in [5.41, 5.74) is 2.45. The van der Waals surface area contributed by atoms with Crippen LogP contribution in [0.5, 0.6) is 0 Å². The van der Waals surface area contributed by atoms with Gasteiger partial charge in [-0.15, -0.1) is 0 Å². The molecule has 1 heterocycles. The zero-order chi connectivity index (χ0) is 20.3. The molecule has 1 saturated carbocycles. The summed E-state index contributed by atoms with van der Waals surface area (Å²) in [4.78, 5) is 17.6. The predicted molar refractivity (Wildman–Crippen MR) is 120 cm³/mol. The van der Waals surface area contributed by atoms with Crippen molar-refractivity contribution < 1.29 is 9.53 Å². The van der Waals surface area contributed by atoms with Crippen LogP contribution in [0.3, 0.4) is 0 Å². The fourth-order valence-corrected chi connectivity index (χ4v) is 4.57. The lowest BCUT2D eigenvalue weighted by Gasteiger charge is -2.29. The van der Waals surface area contributed by atoms with E-state index in [2.05, 4.69) is 47.1 Å². The highest BCUT2D eigenvalue weighted by Gasteiger charge is 2.20. The van der Waals surface area contributed by atoms with E-state index in [1.165, 1.54) is 36.8 Å². The highest BCUT2D eigenvalue weighted by Crippen LogP contribution is 2.28. The van der Waals surface area contributed by atoms with Gasteiger partial charge in [0.2, 0.25) is 5.91 Å². The van der Waals surface area contributed by atoms with Gasteiger partial charge in [-0.05, 0) is 31.2 Å². The van der Waals surface area contributed by atoms with Crippen LogP contribution in [0.4, 0.5) is 0 Å². The summed E-state index contributed by atoms with van der Waals surface area (Å²) in [5, 5.41) is 0. The smallest absolute Gasteiger partial charge is 0.222 e. The summed E-state index contributed by atoms with van der Waals surface area (Å²) < 4.78 is 5.44. The molecule has 2 fully saturated rings. The van der Waals surface area contributed by atoms with Gasteiger partial charge >= 0.3 is 0 Å². The van der Waals surface area contributed by atoms with Crippen LogP contribution in [0.2, 0.25) is 0 Å². The first-order valence-corrected chi connectivity index (χ1v) is 11.5. The van der Waals surface area contributed by atoms with Crippen molar-refractivity contribution >= 4 is 12.0 Å². The van der Waals surface area contributed by atoms with Gasteiger partial charge in [-0.25, -0.2) is 0 Å². The molecule has 1 aliphatic carbocycles. The van der Waals surface area contributed by atoms with E-state index in [4.69, 9.17) is 4.74 Å². The molecule has 0 unspecified atom stereocenters. The molecule has 4 nitrogen and oxygen atoms in total. The Hall–Kier alpha value is -1.65. The van der Waals surface area contributed by atoms with Crippen LogP contribution in [0, 0.1) is 5.92 Å². The number of carbonyl (C=O) groups excluding carboxylic acids is 1. The van der Waals surface area contributed by atoms with Gasteiger partial charge in [-0.2, -0.15) is 0 Å². The first kappa shape index (κ1) is 22.0. The van der Waals surface area contributed by atoms with Crippen LogP contribution in [-0.4, -0.2) is 61.6 Å². The van der Waals surface area contributed by atoms with E-state index in [-0.39, 0.29) is 0 Å². The van der Waals surface area contributed by atoms with Gasteiger partial charge in [0, 0.05) is 39.1 Å². The zero-order valence-corrected chi connectivity index (χ0v) is 18.2. The van der Waals surface area contributed by atoms with Crippen molar-refractivity contribution in [1.82, 2.24) is 9.80 Å². The second-order valence-corrected chi connectivity index (χ2v) is 8.71. The molecule has 0 spiro atoms. The Labute approximate surface area is 176 Å². The molecular formula is C25H38N2O2. The SMILES string of the molecule is C/C(=C\c1ccccc1)CN(CCCN1CCOCC1)C(=O)CCC1CCCC1. The largest absolute Gasteiger partial charge is 0.379 e. The summed E-state index contributed by atoms with van der Waals surface area (Å²) in [7, 11) is 0. The van der Waals surface area contributed by atoms with Crippen LogP contribution in [0.1, 0.15) is 57.4 Å². The Morgan fingerprint density at radius 2 is 1.90 bits per heavy atom. The average Bonchev–Trinajstić information content (AvgIpc) is 3.26. The number of amides is 1. The summed E-state index contributed by atoms with van der Waals surface area (Å²) >= 11 is 0. The van der Waals surface area contributed by atoms with Crippen molar-refractivity contribution in [2.75, 3.05) is 45.9 Å². The topological polar surface area (TPSA) is 32.8 Å². The third-order valence-electron chi connectivity index (χ3n) is 6.25. The molecule has 0 radical (unpaired) electrons. The normalized spacial score (nSPS) is 18.9. The van der Waals surface area contributed by atoms with Crippen molar-refractivity contribution in [3.8, 4) is 0 Å². The van der Waals surface area contributed by atoms with Gasteiger partial charge in [0.05, 0.1) is 13.2 Å². The highest BCUT2D eigenvalue weighted by atomic mass is 16.5.